The molecule has 6 heterocycles. The molecule has 646 valence electrons. The van der Waals surface area contributed by atoms with E-state index >= 15 is 0 Å². The average Bonchev–Trinajstić information content (AvgIpc) is 1.77. The molecule has 6 aromatic heterocycles. The number of imidazole rings is 1. The normalized spacial score (nSPS) is 16.7. The zero-order valence-electron chi connectivity index (χ0n) is 70.4. The van der Waals surface area contributed by atoms with E-state index < -0.39 is 22.8 Å². The molecule has 0 spiro atoms. The lowest BCUT2D eigenvalue weighted by Gasteiger charge is -2.24. The lowest BCUT2D eigenvalue weighted by molar-refractivity contribution is 0.300. The summed E-state index contributed by atoms with van der Waals surface area (Å²) in [5.41, 5.74) is 16.8. The molecule has 126 heavy (non-hydrogen) atoms. The Kier molecular flexibility index (Phi) is 29.2. The van der Waals surface area contributed by atoms with Crippen LogP contribution in [0.15, 0.2) is 269 Å². The maximum Gasteiger partial charge on any atom is 0.325 e. The first-order chi connectivity index (χ1) is 61.3. The number of nitrogens with zero attached hydrogens (tertiary/aromatic N) is 2. The van der Waals surface area contributed by atoms with E-state index in [-0.39, 0.29) is 45.9 Å². The van der Waals surface area contributed by atoms with E-state index in [9.17, 15) is 38.4 Å². The summed E-state index contributed by atoms with van der Waals surface area (Å²) >= 11 is 19.6. The summed E-state index contributed by atoms with van der Waals surface area (Å²) in [5, 5.41) is 2.05. The van der Waals surface area contributed by atoms with Crippen LogP contribution in [0.4, 0.5) is 0 Å². The predicted molar refractivity (Wildman–Crippen MR) is 501 cm³/mol. The van der Waals surface area contributed by atoms with Crippen LogP contribution in [0.5, 0.6) is 17.2 Å². The summed E-state index contributed by atoms with van der Waals surface area (Å²) in [5.74, 6) is 3.42. The van der Waals surface area contributed by atoms with Crippen LogP contribution in [0.3, 0.4) is 0 Å². The Morgan fingerprint density at radius 1 is 0.365 bits per heavy atom. The van der Waals surface area contributed by atoms with Gasteiger partial charge < -0.3 is 34.1 Å². The summed E-state index contributed by atoms with van der Waals surface area (Å²) < 4.78 is 19.1. The van der Waals surface area contributed by atoms with Crippen molar-refractivity contribution in [3.8, 4) is 17.2 Å². The number of hydrogen-bond acceptors (Lipinski definition) is 12. The molecule has 24 heteroatoms. The molecular weight excluding hydrogens is 1650 g/mol. The van der Waals surface area contributed by atoms with Crippen LogP contribution >= 0.6 is 34.8 Å². The number of pyridine rings is 1. The van der Waals surface area contributed by atoms with Crippen molar-refractivity contribution in [3.05, 3.63) is 419 Å². The van der Waals surface area contributed by atoms with Crippen molar-refractivity contribution in [1.82, 2.24) is 49.3 Å². The van der Waals surface area contributed by atoms with Gasteiger partial charge in [-0.1, -0.05) is 193 Å². The van der Waals surface area contributed by atoms with Crippen LogP contribution in [-0.4, -0.2) is 69.1 Å². The molecule has 0 saturated heterocycles. The van der Waals surface area contributed by atoms with Gasteiger partial charge in [0, 0.05) is 100 Å². The van der Waals surface area contributed by atoms with Gasteiger partial charge in [-0.25, -0.2) is 24.2 Å². The lowest BCUT2D eigenvalue weighted by Crippen LogP contribution is -2.30. The summed E-state index contributed by atoms with van der Waals surface area (Å²) in [6.45, 7) is 6.04. The minimum Gasteiger partial charge on any atom is -0.494 e. The van der Waals surface area contributed by atoms with Crippen LogP contribution in [0.1, 0.15) is 223 Å². The maximum absolute atomic E-state index is 12.6. The smallest absolute Gasteiger partial charge is 0.325 e. The highest BCUT2D eigenvalue weighted by molar-refractivity contribution is 6.33. The van der Waals surface area contributed by atoms with Gasteiger partial charge in [0.05, 0.1) is 52.9 Å². The highest BCUT2D eigenvalue weighted by Gasteiger charge is 2.30. The van der Waals surface area contributed by atoms with Gasteiger partial charge in [0.2, 0.25) is 0 Å². The van der Waals surface area contributed by atoms with Gasteiger partial charge in [-0.05, 0) is 237 Å². The average molecular weight is 1750 g/mol. The molecule has 8 N–H and O–H groups in total. The van der Waals surface area contributed by atoms with Crippen LogP contribution in [0.2, 0.25) is 15.1 Å². The zero-order chi connectivity index (χ0) is 87.6. The summed E-state index contributed by atoms with van der Waals surface area (Å²) in [6.07, 6.45) is 27.6. The van der Waals surface area contributed by atoms with Crippen molar-refractivity contribution >= 4 is 62.6 Å². The maximum atomic E-state index is 12.6. The minimum absolute atomic E-state index is 0.0819. The molecule has 0 bridgehead atoms. The van der Waals surface area contributed by atoms with Gasteiger partial charge >= 0.3 is 22.8 Å². The minimum atomic E-state index is -0.457. The van der Waals surface area contributed by atoms with Gasteiger partial charge in [0.1, 0.15) is 17.2 Å². The fraction of sp³-hybridized carbons (Fsp3) is 0.284. The van der Waals surface area contributed by atoms with Crippen LogP contribution in [0, 0.1) is 5.92 Å². The summed E-state index contributed by atoms with van der Waals surface area (Å²) in [7, 11) is 0. The molecule has 4 atom stereocenters. The van der Waals surface area contributed by atoms with Crippen molar-refractivity contribution in [2.75, 3.05) is 19.8 Å². The molecule has 5 aliphatic carbocycles. The second kappa shape index (κ2) is 41.8. The molecular formula is C102H101Cl3N10O11. The standard InChI is InChI=1S/C27H27ClN2O3.C26H27ClN2O3.C25H25ClN2O3.C24H22N4O2/c28-24-15-21(33-16-18-6-7-18)12-13-22(24)19-8-10-20(11-9-19)25-23(26(31)30-27(32)29-25)14-17-4-2-1-3-5-17;1-2-14-32-20-12-13-21(23(27)16-20)18-8-10-19(11-9-18)24-22(25(30)29-26(31)28-24)15-17-6-4-3-5-7-17;1-2-31-19-12-13-20(22(26)15-19)17-8-10-18(11-9-17)23-21(24(29)28-25(30)27-23)14-16-6-4-3-5-7-16;29-23-20(13-16-5-2-1-3-6-16)22(26-24(30)27-23)18-11-9-17(10-12-18)21-8-4-7-19-14-25-15-28(19)21/h1-5,8,12-13,15,18,20H,6-7,9-11,14,16H2,(H2,29,30,31,32);3-8,12-13,16,19H,2,9-11,14-15H2,1H3,(H2,28,29,30,31);3-8,12-13,15,18H,2,9-11,14H2,1H3,(H2,27,28,29,30);1-9,14-15,18H,10-13H2,(H2,26,27,29,30). The summed E-state index contributed by atoms with van der Waals surface area (Å²) in [4.78, 5) is 124. The third kappa shape index (κ3) is 22.5. The molecule has 1 saturated carbocycles. The number of rotatable bonds is 24. The Labute approximate surface area is 742 Å². The van der Waals surface area contributed by atoms with Gasteiger partial charge in [-0.3, -0.25) is 43.5 Å². The van der Waals surface area contributed by atoms with Crippen molar-refractivity contribution in [2.45, 2.75) is 160 Å². The second-order valence-electron chi connectivity index (χ2n) is 32.7. The molecule has 21 nitrogen and oxygen atoms in total. The third-order valence-corrected chi connectivity index (χ3v) is 25.0. The number of ether oxygens (including phenoxy) is 3. The number of aromatic amines is 8. The Morgan fingerprint density at radius 3 is 1.01 bits per heavy atom. The molecule has 0 amide bonds. The fourth-order valence-corrected chi connectivity index (χ4v) is 18.3. The number of H-pyrrole nitrogens is 8. The lowest BCUT2D eigenvalue weighted by atomic mass is 9.83. The first-order valence-electron chi connectivity index (χ1n) is 43.4. The van der Waals surface area contributed by atoms with Gasteiger partial charge in [0.25, 0.3) is 22.2 Å². The molecule has 4 unspecified atom stereocenters. The van der Waals surface area contributed by atoms with Gasteiger partial charge in [0.15, 0.2) is 0 Å². The van der Waals surface area contributed by atoms with E-state index in [1.54, 1.807) is 0 Å². The number of halogens is 3. The predicted octanol–water partition coefficient (Wildman–Crippen LogP) is 19.6. The molecule has 7 aromatic carbocycles. The van der Waals surface area contributed by atoms with E-state index in [2.05, 4.69) is 86.6 Å². The first kappa shape index (κ1) is 88.1. The summed E-state index contributed by atoms with van der Waals surface area (Å²) in [6, 6.07) is 63.1. The largest absolute Gasteiger partial charge is 0.494 e. The topological polar surface area (TPSA) is 308 Å². The molecule has 13 aromatic rings. The number of benzene rings is 7. The van der Waals surface area contributed by atoms with Gasteiger partial charge in [-0.2, -0.15) is 0 Å². The SMILES string of the molecule is CCCOc1ccc(C2=CCC(c3[nH]c(=O)[nH]c(=O)c3Cc3ccccc3)CC2)c(Cl)c1.CCOc1ccc(C2=CCC(c3[nH]c(=O)[nH]c(=O)c3Cc3ccccc3)CC2)c(Cl)c1.O=c1[nH]c(C2CC=C(c3ccc(OCC4CC4)cc3Cl)CC2)c(Cc2ccccc2)c(=O)[nH]1.O=c1[nH]c(C2CC=C(c3cccc4cncn34)CC2)c(Cc2ccccc2)c(=O)[nH]1. The van der Waals surface area contributed by atoms with E-state index in [1.165, 1.54) is 35.1 Å². The van der Waals surface area contributed by atoms with E-state index in [1.807, 2.05) is 208 Å². The molecule has 0 radical (unpaired) electrons. The third-order valence-electron chi connectivity index (χ3n) is 24.1. The number of allylic oxidation sites excluding steroid dienone is 8. The van der Waals surface area contributed by atoms with Crippen molar-refractivity contribution in [2.24, 2.45) is 5.92 Å². The van der Waals surface area contributed by atoms with Crippen LogP contribution in [0.25, 0.3) is 27.8 Å². The zero-order valence-corrected chi connectivity index (χ0v) is 72.7. The Bertz CT molecular complexity index is 6680. The Balaban J connectivity index is 0.000000130. The number of fused-ring (bicyclic) bond motifs is 1. The van der Waals surface area contributed by atoms with Crippen LogP contribution < -0.4 is 59.2 Å². The molecule has 18 rings (SSSR count). The van der Waals surface area contributed by atoms with E-state index in [4.69, 9.17) is 49.0 Å². The van der Waals surface area contributed by atoms with Crippen LogP contribution in [-0.2, 0) is 25.7 Å². The van der Waals surface area contributed by atoms with Crippen molar-refractivity contribution < 1.29 is 14.2 Å². The fourth-order valence-electron chi connectivity index (χ4n) is 17.4. The van der Waals surface area contributed by atoms with Crippen molar-refractivity contribution in [1.29, 1.82) is 0 Å². The van der Waals surface area contributed by atoms with Gasteiger partial charge in [-0.15, -0.1) is 0 Å². The Morgan fingerprint density at radius 2 is 0.698 bits per heavy atom. The highest BCUT2D eigenvalue weighted by atomic mass is 35.5. The van der Waals surface area contributed by atoms with E-state index in [0.29, 0.717) is 82.1 Å². The Hall–Kier alpha value is -12.8. The quantitative estimate of drug-likeness (QED) is 0.0280. The highest BCUT2D eigenvalue weighted by Crippen LogP contribution is 2.44. The number of aromatic nitrogens is 10. The number of hydrogen-bond donors (Lipinski definition) is 8. The van der Waals surface area contributed by atoms with Crippen molar-refractivity contribution in [3.63, 3.8) is 0 Å². The second-order valence-corrected chi connectivity index (χ2v) is 33.9. The monoisotopic (exact) mass is 1750 g/mol. The van der Waals surface area contributed by atoms with E-state index in [0.717, 1.165) is 180 Å². The number of nitrogens with one attached hydrogen (secondary N) is 8. The molecule has 0 aliphatic heterocycles. The molecule has 5 aliphatic rings. The first-order valence-corrected chi connectivity index (χ1v) is 44.5. The molecule has 1 fully saturated rings.